The van der Waals surface area contributed by atoms with Gasteiger partial charge in [-0.3, -0.25) is 4.18 Å². The molecule has 1 aliphatic heterocycles. The molecule has 0 bridgehead atoms. The molecule has 0 N–H and O–H groups in total. The SMILES string of the molecule is CS(=O)(=O)OCc1cccc(F)c1COC1CCCCO1. The summed E-state index contributed by atoms with van der Waals surface area (Å²) in [5, 5.41) is 0. The summed E-state index contributed by atoms with van der Waals surface area (Å²) in [6, 6.07) is 4.44. The quantitative estimate of drug-likeness (QED) is 0.754. The maximum Gasteiger partial charge on any atom is 0.264 e. The fraction of sp³-hybridized carbons (Fsp3) is 0.571. The van der Waals surface area contributed by atoms with Gasteiger partial charge in [-0.25, -0.2) is 4.39 Å². The van der Waals surface area contributed by atoms with Crippen molar-refractivity contribution in [2.75, 3.05) is 12.9 Å². The van der Waals surface area contributed by atoms with Gasteiger partial charge in [0.25, 0.3) is 10.1 Å². The second kappa shape index (κ2) is 7.31. The van der Waals surface area contributed by atoms with Gasteiger partial charge < -0.3 is 9.47 Å². The third-order valence-electron chi connectivity index (χ3n) is 3.20. The Kier molecular flexibility index (Phi) is 5.69. The van der Waals surface area contributed by atoms with E-state index in [0.717, 1.165) is 25.5 Å². The summed E-state index contributed by atoms with van der Waals surface area (Å²) in [5.41, 5.74) is 0.756. The van der Waals surface area contributed by atoms with E-state index in [0.29, 0.717) is 17.7 Å². The van der Waals surface area contributed by atoms with Gasteiger partial charge >= 0.3 is 0 Å². The van der Waals surface area contributed by atoms with E-state index in [-0.39, 0.29) is 19.5 Å². The van der Waals surface area contributed by atoms with Crippen LogP contribution in [0, 0.1) is 5.82 Å². The Balaban J connectivity index is 2.02. The third-order valence-corrected chi connectivity index (χ3v) is 3.74. The Hall–Kier alpha value is -1.02. The van der Waals surface area contributed by atoms with E-state index in [2.05, 4.69) is 0 Å². The number of halogens is 1. The van der Waals surface area contributed by atoms with Crippen LogP contribution in [0.2, 0.25) is 0 Å². The Morgan fingerprint density at radius 1 is 1.33 bits per heavy atom. The van der Waals surface area contributed by atoms with Gasteiger partial charge in [-0.15, -0.1) is 0 Å². The molecule has 21 heavy (non-hydrogen) atoms. The molecule has 5 nitrogen and oxygen atoms in total. The topological polar surface area (TPSA) is 61.8 Å². The fourth-order valence-electron chi connectivity index (χ4n) is 2.09. The average Bonchev–Trinajstić information content (AvgIpc) is 2.44. The monoisotopic (exact) mass is 318 g/mol. The highest BCUT2D eigenvalue weighted by Gasteiger charge is 2.17. The molecule has 2 rings (SSSR count). The van der Waals surface area contributed by atoms with Crippen molar-refractivity contribution in [3.05, 3.63) is 35.1 Å². The van der Waals surface area contributed by atoms with Gasteiger partial charge in [0.1, 0.15) is 5.82 Å². The Morgan fingerprint density at radius 2 is 2.14 bits per heavy atom. The first kappa shape index (κ1) is 16.4. The number of hydrogen-bond donors (Lipinski definition) is 0. The molecule has 1 unspecified atom stereocenters. The molecule has 1 atom stereocenters. The van der Waals surface area contributed by atoms with Crippen molar-refractivity contribution in [1.29, 1.82) is 0 Å². The van der Waals surface area contributed by atoms with Crippen molar-refractivity contribution in [2.45, 2.75) is 38.8 Å². The minimum Gasteiger partial charge on any atom is -0.353 e. The molecule has 1 aliphatic rings. The molecule has 0 saturated carbocycles. The largest absolute Gasteiger partial charge is 0.353 e. The standard InChI is InChI=1S/C14H19FO5S/c1-21(16,17)20-9-11-5-4-6-13(15)12(11)10-19-14-7-2-3-8-18-14/h4-6,14H,2-3,7-10H2,1H3. The van der Waals surface area contributed by atoms with Crippen molar-refractivity contribution in [2.24, 2.45) is 0 Å². The van der Waals surface area contributed by atoms with E-state index in [1.807, 2.05) is 0 Å². The van der Waals surface area contributed by atoms with Crippen LogP contribution in [0.1, 0.15) is 30.4 Å². The van der Waals surface area contributed by atoms with Crippen LogP contribution in [0.15, 0.2) is 18.2 Å². The number of rotatable bonds is 6. The summed E-state index contributed by atoms with van der Waals surface area (Å²) in [5.74, 6) is -0.444. The fourth-order valence-corrected chi connectivity index (χ4v) is 2.43. The normalized spacial score (nSPS) is 19.6. The van der Waals surface area contributed by atoms with Gasteiger partial charge in [-0.1, -0.05) is 12.1 Å². The summed E-state index contributed by atoms with van der Waals surface area (Å²) in [4.78, 5) is 0. The molecule has 1 aromatic carbocycles. The first-order chi connectivity index (χ1) is 9.96. The predicted molar refractivity (Wildman–Crippen MR) is 74.4 cm³/mol. The number of benzene rings is 1. The van der Waals surface area contributed by atoms with Crippen LogP contribution in [-0.4, -0.2) is 27.6 Å². The van der Waals surface area contributed by atoms with E-state index >= 15 is 0 Å². The van der Waals surface area contributed by atoms with Gasteiger partial charge in [0, 0.05) is 12.2 Å². The van der Waals surface area contributed by atoms with Crippen molar-refractivity contribution in [1.82, 2.24) is 0 Å². The molecular weight excluding hydrogens is 299 g/mol. The summed E-state index contributed by atoms with van der Waals surface area (Å²) < 4.78 is 51.7. The van der Waals surface area contributed by atoms with Gasteiger partial charge in [-0.05, 0) is 30.9 Å². The van der Waals surface area contributed by atoms with Gasteiger partial charge in [0.2, 0.25) is 0 Å². The van der Waals surface area contributed by atoms with Gasteiger partial charge in [-0.2, -0.15) is 8.42 Å². The smallest absolute Gasteiger partial charge is 0.264 e. The second-order valence-electron chi connectivity index (χ2n) is 4.95. The van der Waals surface area contributed by atoms with Crippen LogP contribution < -0.4 is 0 Å². The molecule has 0 spiro atoms. The summed E-state index contributed by atoms with van der Waals surface area (Å²) in [7, 11) is -3.58. The average molecular weight is 318 g/mol. The Morgan fingerprint density at radius 3 is 2.81 bits per heavy atom. The maximum absolute atomic E-state index is 13.9. The zero-order chi connectivity index (χ0) is 15.3. The minimum absolute atomic E-state index is 0.0276. The van der Waals surface area contributed by atoms with E-state index in [4.69, 9.17) is 13.7 Å². The first-order valence-electron chi connectivity index (χ1n) is 6.79. The first-order valence-corrected chi connectivity index (χ1v) is 8.61. The zero-order valence-corrected chi connectivity index (χ0v) is 12.7. The van der Waals surface area contributed by atoms with Crippen molar-refractivity contribution >= 4 is 10.1 Å². The third kappa shape index (κ3) is 5.35. The number of ether oxygens (including phenoxy) is 2. The molecule has 118 valence electrons. The van der Waals surface area contributed by atoms with Crippen LogP contribution in [0.3, 0.4) is 0 Å². The van der Waals surface area contributed by atoms with E-state index in [9.17, 15) is 12.8 Å². The lowest BCUT2D eigenvalue weighted by molar-refractivity contribution is -0.169. The van der Waals surface area contributed by atoms with Gasteiger partial charge in [0.05, 0.1) is 19.5 Å². The van der Waals surface area contributed by atoms with E-state index in [1.165, 1.54) is 12.1 Å². The minimum atomic E-state index is -3.58. The van der Waals surface area contributed by atoms with Crippen molar-refractivity contribution in [3.63, 3.8) is 0 Å². The van der Waals surface area contributed by atoms with Crippen LogP contribution in [-0.2, 0) is 37.0 Å². The van der Waals surface area contributed by atoms with Crippen LogP contribution >= 0.6 is 0 Å². The van der Waals surface area contributed by atoms with E-state index < -0.39 is 15.9 Å². The van der Waals surface area contributed by atoms with Gasteiger partial charge in [0.15, 0.2) is 6.29 Å². The molecule has 1 saturated heterocycles. The van der Waals surface area contributed by atoms with E-state index in [1.54, 1.807) is 6.07 Å². The van der Waals surface area contributed by atoms with Crippen molar-refractivity contribution in [3.8, 4) is 0 Å². The zero-order valence-electron chi connectivity index (χ0n) is 11.9. The Bertz CT molecular complexity index is 567. The lowest BCUT2D eigenvalue weighted by Gasteiger charge is -2.23. The van der Waals surface area contributed by atoms with Crippen LogP contribution in [0.4, 0.5) is 4.39 Å². The highest BCUT2D eigenvalue weighted by Crippen LogP contribution is 2.20. The molecule has 0 aromatic heterocycles. The molecule has 0 amide bonds. The highest BCUT2D eigenvalue weighted by molar-refractivity contribution is 7.85. The van der Waals surface area contributed by atoms with Crippen LogP contribution in [0.5, 0.6) is 0 Å². The molecule has 1 heterocycles. The Labute approximate surface area is 124 Å². The maximum atomic E-state index is 13.9. The molecule has 1 fully saturated rings. The summed E-state index contributed by atoms with van der Waals surface area (Å²) in [6.07, 6.45) is 3.43. The molecule has 0 aliphatic carbocycles. The molecular formula is C14H19FO5S. The molecule has 1 aromatic rings. The van der Waals surface area contributed by atoms with Crippen LogP contribution in [0.25, 0.3) is 0 Å². The number of hydrogen-bond acceptors (Lipinski definition) is 5. The molecule has 7 heteroatoms. The lowest BCUT2D eigenvalue weighted by Crippen LogP contribution is -2.22. The lowest BCUT2D eigenvalue weighted by atomic mass is 10.1. The summed E-state index contributed by atoms with van der Waals surface area (Å²) in [6.45, 7) is 0.465. The summed E-state index contributed by atoms with van der Waals surface area (Å²) >= 11 is 0. The predicted octanol–water partition coefficient (Wildman–Crippen LogP) is 2.35. The second-order valence-corrected chi connectivity index (χ2v) is 6.59. The highest BCUT2D eigenvalue weighted by atomic mass is 32.2. The molecule has 0 radical (unpaired) electrons. The van der Waals surface area contributed by atoms with Crippen molar-refractivity contribution < 1.29 is 26.5 Å².